The number of rotatable bonds is 8. The summed E-state index contributed by atoms with van der Waals surface area (Å²) in [6, 6.07) is 17.7. The van der Waals surface area contributed by atoms with E-state index in [0.29, 0.717) is 17.3 Å². The van der Waals surface area contributed by atoms with Crippen molar-refractivity contribution in [1.29, 1.82) is 0 Å². The molecule has 2 nitrogen and oxygen atoms in total. The Balaban J connectivity index is 1.63. The number of hydrogen-bond donors (Lipinski definition) is 2. The fourth-order valence-electron chi connectivity index (χ4n) is 3.72. The first kappa shape index (κ1) is 18.0. The minimum absolute atomic E-state index is 0.362. The molecule has 2 N–H and O–H groups in total. The van der Waals surface area contributed by atoms with Crippen LogP contribution in [0.2, 0.25) is 0 Å². The van der Waals surface area contributed by atoms with Crippen LogP contribution in [0.4, 0.5) is 5.69 Å². The standard InChI is InChI=1S/C23H32N2/c1-17(2)20-11-8-12-21(18(3)4)22(20)25-16-24-15-23(13-14-23)19-9-6-5-7-10-19/h5-12,17-18,24-25H,13-16H2,1-4H3. The van der Waals surface area contributed by atoms with Gasteiger partial charge in [0, 0.05) is 17.6 Å². The van der Waals surface area contributed by atoms with E-state index in [0.717, 1.165) is 13.2 Å². The number of benzene rings is 2. The van der Waals surface area contributed by atoms with Crippen molar-refractivity contribution in [2.45, 2.75) is 57.8 Å². The highest BCUT2D eigenvalue weighted by atomic mass is 15.1. The average molecular weight is 337 g/mol. The molecule has 134 valence electrons. The van der Waals surface area contributed by atoms with Crippen LogP contribution in [-0.4, -0.2) is 13.2 Å². The predicted molar refractivity (Wildman–Crippen MR) is 108 cm³/mol. The summed E-state index contributed by atoms with van der Waals surface area (Å²) in [6.07, 6.45) is 2.59. The Kier molecular flexibility index (Phi) is 5.48. The second-order valence-electron chi connectivity index (χ2n) is 8.05. The molecule has 0 unspecified atom stereocenters. The van der Waals surface area contributed by atoms with Crippen molar-refractivity contribution in [2.24, 2.45) is 0 Å². The zero-order valence-corrected chi connectivity index (χ0v) is 16.1. The largest absolute Gasteiger partial charge is 0.372 e. The van der Waals surface area contributed by atoms with Gasteiger partial charge >= 0.3 is 0 Å². The van der Waals surface area contributed by atoms with E-state index in [9.17, 15) is 0 Å². The van der Waals surface area contributed by atoms with Crippen molar-refractivity contribution >= 4 is 5.69 Å². The number of para-hydroxylation sites is 1. The number of nitrogens with one attached hydrogen (secondary N) is 2. The third-order valence-electron chi connectivity index (χ3n) is 5.47. The average Bonchev–Trinajstić information content (AvgIpc) is 3.40. The van der Waals surface area contributed by atoms with Crippen LogP contribution < -0.4 is 10.6 Å². The second-order valence-corrected chi connectivity index (χ2v) is 8.05. The van der Waals surface area contributed by atoms with E-state index in [4.69, 9.17) is 0 Å². The van der Waals surface area contributed by atoms with Gasteiger partial charge in [0.1, 0.15) is 0 Å². The molecule has 0 spiro atoms. The first-order valence-electron chi connectivity index (χ1n) is 9.66. The first-order valence-corrected chi connectivity index (χ1v) is 9.66. The van der Waals surface area contributed by atoms with E-state index in [-0.39, 0.29) is 0 Å². The quantitative estimate of drug-likeness (QED) is 0.482. The SMILES string of the molecule is CC(C)c1cccc(C(C)C)c1NCNCC1(c2ccccc2)CC1. The topological polar surface area (TPSA) is 24.1 Å². The second kappa shape index (κ2) is 7.61. The Bertz CT molecular complexity index is 658. The molecule has 0 aromatic heterocycles. The lowest BCUT2D eigenvalue weighted by Crippen LogP contribution is -2.31. The Morgan fingerprint density at radius 2 is 1.44 bits per heavy atom. The van der Waals surface area contributed by atoms with Crippen LogP contribution in [0.25, 0.3) is 0 Å². The van der Waals surface area contributed by atoms with Crippen LogP contribution in [0.3, 0.4) is 0 Å². The molecule has 0 aliphatic heterocycles. The zero-order chi connectivity index (χ0) is 17.9. The van der Waals surface area contributed by atoms with Gasteiger partial charge in [-0.1, -0.05) is 76.2 Å². The van der Waals surface area contributed by atoms with Gasteiger partial charge in [-0.05, 0) is 41.4 Å². The fourth-order valence-corrected chi connectivity index (χ4v) is 3.72. The Hall–Kier alpha value is -1.80. The lowest BCUT2D eigenvalue weighted by atomic mass is 9.93. The van der Waals surface area contributed by atoms with Gasteiger partial charge in [-0.25, -0.2) is 0 Å². The molecule has 1 saturated carbocycles. The molecule has 0 heterocycles. The van der Waals surface area contributed by atoms with Gasteiger partial charge < -0.3 is 5.32 Å². The molecular weight excluding hydrogens is 304 g/mol. The smallest absolute Gasteiger partial charge is 0.0653 e. The Labute approximate surface area is 153 Å². The highest BCUT2D eigenvalue weighted by molar-refractivity contribution is 5.60. The Morgan fingerprint density at radius 3 is 1.96 bits per heavy atom. The summed E-state index contributed by atoms with van der Waals surface area (Å²) in [5, 5.41) is 7.34. The van der Waals surface area contributed by atoms with Crippen molar-refractivity contribution in [3.8, 4) is 0 Å². The molecule has 3 rings (SSSR count). The van der Waals surface area contributed by atoms with Gasteiger partial charge in [0.05, 0.1) is 6.67 Å². The minimum Gasteiger partial charge on any atom is -0.372 e. The molecule has 0 amide bonds. The monoisotopic (exact) mass is 336 g/mol. The minimum atomic E-state index is 0.362. The summed E-state index contributed by atoms with van der Waals surface area (Å²) in [7, 11) is 0. The van der Waals surface area contributed by atoms with Gasteiger partial charge in [-0.3, -0.25) is 5.32 Å². The summed E-state index contributed by atoms with van der Waals surface area (Å²) < 4.78 is 0. The van der Waals surface area contributed by atoms with Crippen LogP contribution in [0, 0.1) is 0 Å². The molecule has 25 heavy (non-hydrogen) atoms. The molecule has 1 aliphatic carbocycles. The van der Waals surface area contributed by atoms with Crippen LogP contribution in [-0.2, 0) is 5.41 Å². The molecular formula is C23H32N2. The van der Waals surface area contributed by atoms with Gasteiger partial charge in [-0.15, -0.1) is 0 Å². The maximum absolute atomic E-state index is 3.69. The Morgan fingerprint density at radius 1 is 0.840 bits per heavy atom. The van der Waals surface area contributed by atoms with Gasteiger partial charge in [0.25, 0.3) is 0 Å². The van der Waals surface area contributed by atoms with Crippen LogP contribution in [0.15, 0.2) is 48.5 Å². The lowest BCUT2D eigenvalue weighted by molar-refractivity contribution is 0.593. The molecule has 1 aliphatic rings. The number of anilines is 1. The van der Waals surface area contributed by atoms with E-state index in [2.05, 4.69) is 86.9 Å². The molecule has 1 fully saturated rings. The molecule has 2 aromatic carbocycles. The van der Waals surface area contributed by atoms with Crippen LogP contribution in [0.5, 0.6) is 0 Å². The van der Waals surface area contributed by atoms with Gasteiger partial charge in [0.2, 0.25) is 0 Å². The van der Waals surface area contributed by atoms with Gasteiger partial charge in [0.15, 0.2) is 0 Å². The van der Waals surface area contributed by atoms with E-state index in [1.54, 1.807) is 0 Å². The molecule has 2 aromatic rings. The summed E-state index contributed by atoms with van der Waals surface area (Å²) in [5.74, 6) is 1.06. The van der Waals surface area contributed by atoms with Crippen molar-refractivity contribution in [3.63, 3.8) is 0 Å². The third-order valence-corrected chi connectivity index (χ3v) is 5.47. The number of hydrogen-bond acceptors (Lipinski definition) is 2. The highest BCUT2D eigenvalue weighted by Gasteiger charge is 2.43. The summed E-state index contributed by atoms with van der Waals surface area (Å²) >= 11 is 0. The normalized spacial score (nSPS) is 15.6. The highest BCUT2D eigenvalue weighted by Crippen LogP contribution is 2.47. The molecule has 0 radical (unpaired) electrons. The summed E-state index contributed by atoms with van der Waals surface area (Å²) in [6.45, 7) is 10.9. The van der Waals surface area contributed by atoms with Crippen molar-refractivity contribution in [2.75, 3.05) is 18.5 Å². The van der Waals surface area contributed by atoms with Crippen LogP contribution in [0.1, 0.15) is 69.1 Å². The van der Waals surface area contributed by atoms with E-state index < -0.39 is 0 Å². The first-order chi connectivity index (χ1) is 12.0. The van der Waals surface area contributed by atoms with Crippen molar-refractivity contribution in [1.82, 2.24) is 5.32 Å². The van der Waals surface area contributed by atoms with Crippen molar-refractivity contribution in [3.05, 3.63) is 65.2 Å². The predicted octanol–water partition coefficient (Wildman–Crippen LogP) is 5.62. The molecule has 2 heteroatoms. The molecule has 0 saturated heterocycles. The van der Waals surface area contributed by atoms with E-state index >= 15 is 0 Å². The third kappa shape index (κ3) is 4.07. The molecule has 0 atom stereocenters. The molecule has 0 bridgehead atoms. The summed E-state index contributed by atoms with van der Waals surface area (Å²) in [5.41, 5.74) is 5.99. The van der Waals surface area contributed by atoms with Crippen LogP contribution >= 0.6 is 0 Å². The maximum Gasteiger partial charge on any atom is 0.0653 e. The maximum atomic E-state index is 3.69. The fraction of sp³-hybridized carbons (Fsp3) is 0.478. The summed E-state index contributed by atoms with van der Waals surface area (Å²) in [4.78, 5) is 0. The lowest BCUT2D eigenvalue weighted by Gasteiger charge is -2.22. The van der Waals surface area contributed by atoms with E-state index in [1.807, 2.05) is 0 Å². The van der Waals surface area contributed by atoms with Gasteiger partial charge in [-0.2, -0.15) is 0 Å². The van der Waals surface area contributed by atoms with Crippen molar-refractivity contribution < 1.29 is 0 Å². The van der Waals surface area contributed by atoms with E-state index in [1.165, 1.54) is 35.2 Å². The zero-order valence-electron chi connectivity index (χ0n) is 16.1.